The van der Waals surface area contributed by atoms with E-state index >= 15 is 0 Å². The minimum absolute atomic E-state index is 0.772. The molecule has 3 atom stereocenters. The van der Waals surface area contributed by atoms with Gasteiger partial charge in [-0.2, -0.15) is 0 Å². The van der Waals surface area contributed by atoms with Crippen LogP contribution in [-0.4, -0.2) is 30.7 Å². The molecule has 0 radical (unpaired) electrons. The summed E-state index contributed by atoms with van der Waals surface area (Å²) in [6.45, 7) is 22.9. The van der Waals surface area contributed by atoms with E-state index in [2.05, 4.69) is 60.9 Å². The van der Waals surface area contributed by atoms with Crippen LogP contribution in [0.3, 0.4) is 0 Å². The third kappa shape index (κ3) is 21.8. The van der Waals surface area contributed by atoms with Gasteiger partial charge in [-0.05, 0) is 43.6 Å². The standard InChI is InChI=1S/C46H88N/c1-9-11-13-15-17-19-21-23-24-26-28-30-32-35-44(42(5)6)39-46(47(8)38-34-36-45(40-47)43(7)41(3)4)37-33-31-29-27-25-22-20-18-16-14-12-10-2/h36,42,44,46H,3,7,9-35,37-40H2,1-2,4-6,8H3/q+1. The van der Waals surface area contributed by atoms with Crippen LogP contribution in [0.5, 0.6) is 0 Å². The molecule has 0 fully saturated rings. The van der Waals surface area contributed by atoms with Gasteiger partial charge in [0.05, 0.1) is 19.6 Å². The Labute approximate surface area is 298 Å². The van der Waals surface area contributed by atoms with Gasteiger partial charge >= 0.3 is 0 Å². The third-order valence-corrected chi connectivity index (χ3v) is 11.9. The second-order valence-corrected chi connectivity index (χ2v) is 16.7. The van der Waals surface area contributed by atoms with Gasteiger partial charge in [0.15, 0.2) is 0 Å². The van der Waals surface area contributed by atoms with Crippen molar-refractivity contribution in [1.29, 1.82) is 0 Å². The maximum atomic E-state index is 4.45. The van der Waals surface area contributed by atoms with Crippen LogP contribution in [0, 0.1) is 11.8 Å². The van der Waals surface area contributed by atoms with Crippen molar-refractivity contribution in [3.8, 4) is 0 Å². The average molecular weight is 655 g/mol. The van der Waals surface area contributed by atoms with E-state index in [4.69, 9.17) is 0 Å². The largest absolute Gasteiger partial charge is 0.320 e. The second-order valence-electron chi connectivity index (χ2n) is 16.7. The Morgan fingerprint density at radius 2 is 1.00 bits per heavy atom. The van der Waals surface area contributed by atoms with Crippen LogP contribution >= 0.6 is 0 Å². The zero-order valence-electron chi connectivity index (χ0n) is 33.6. The summed E-state index contributed by atoms with van der Waals surface area (Å²) in [4.78, 5) is 0. The Bertz CT molecular complexity index is 789. The number of rotatable bonds is 33. The van der Waals surface area contributed by atoms with Gasteiger partial charge < -0.3 is 4.48 Å². The van der Waals surface area contributed by atoms with Crippen molar-refractivity contribution >= 4 is 0 Å². The maximum absolute atomic E-state index is 4.45. The van der Waals surface area contributed by atoms with E-state index in [-0.39, 0.29) is 0 Å². The Hall–Kier alpha value is -0.820. The van der Waals surface area contributed by atoms with Gasteiger partial charge in [0.25, 0.3) is 0 Å². The van der Waals surface area contributed by atoms with E-state index in [9.17, 15) is 0 Å². The summed E-state index contributed by atoms with van der Waals surface area (Å²) in [7, 11) is 2.59. The molecule has 0 amide bonds. The molecule has 1 nitrogen and oxygen atoms in total. The van der Waals surface area contributed by atoms with Crippen LogP contribution in [0.25, 0.3) is 0 Å². The van der Waals surface area contributed by atoms with E-state index in [1.54, 1.807) is 0 Å². The lowest BCUT2D eigenvalue weighted by molar-refractivity contribution is -0.931. The zero-order valence-corrected chi connectivity index (χ0v) is 33.6. The highest BCUT2D eigenvalue weighted by atomic mass is 15.4. The van der Waals surface area contributed by atoms with E-state index in [1.807, 2.05) is 0 Å². The molecule has 0 spiro atoms. The Kier molecular flexibility index (Phi) is 27.2. The number of quaternary nitrogens is 1. The normalized spacial score (nSPS) is 18.0. The molecule has 1 heteroatoms. The van der Waals surface area contributed by atoms with Gasteiger partial charge in [0.2, 0.25) is 0 Å². The van der Waals surface area contributed by atoms with E-state index in [0.29, 0.717) is 0 Å². The smallest absolute Gasteiger partial charge is 0.105 e. The fourth-order valence-electron chi connectivity index (χ4n) is 8.27. The van der Waals surface area contributed by atoms with Gasteiger partial charge in [-0.1, -0.05) is 207 Å². The summed E-state index contributed by atoms with van der Waals surface area (Å²) < 4.78 is 1.22. The summed E-state index contributed by atoms with van der Waals surface area (Å²) in [5.74, 6) is 1.65. The summed E-state index contributed by atoms with van der Waals surface area (Å²) in [5, 5.41) is 0. The first kappa shape index (κ1) is 44.2. The molecular formula is C46H88N+. The molecule has 1 aliphatic rings. The third-order valence-electron chi connectivity index (χ3n) is 11.9. The molecule has 1 heterocycles. The molecule has 0 N–H and O–H groups in total. The maximum Gasteiger partial charge on any atom is 0.105 e. The molecule has 47 heavy (non-hydrogen) atoms. The number of allylic oxidation sites excluding steroid dienone is 1. The molecule has 0 aliphatic carbocycles. The molecule has 1 aliphatic heterocycles. The molecule has 0 saturated heterocycles. The fraction of sp³-hybridized carbons (Fsp3) is 0.870. The first-order chi connectivity index (χ1) is 22.7. The SMILES string of the molecule is C=C(C)C(=C)C1=CCC[N+](C)(C(CCCCCCCCCCCCCC)CC(CCCCCCCCCCCCCCC)C(C)C)C1. The van der Waals surface area contributed by atoms with Crippen LogP contribution < -0.4 is 0 Å². The highest BCUT2D eigenvalue weighted by molar-refractivity contribution is 5.42. The van der Waals surface area contributed by atoms with Crippen molar-refractivity contribution in [2.45, 2.75) is 227 Å². The van der Waals surface area contributed by atoms with Crippen LogP contribution in [0.1, 0.15) is 221 Å². The summed E-state index contributed by atoms with van der Waals surface area (Å²) in [6, 6.07) is 0.772. The Balaban J connectivity index is 2.53. The average Bonchev–Trinajstić information content (AvgIpc) is 3.05. The molecule has 0 saturated carbocycles. The van der Waals surface area contributed by atoms with Gasteiger partial charge in [0.1, 0.15) is 6.54 Å². The Morgan fingerprint density at radius 1 is 0.617 bits per heavy atom. The molecule has 0 aromatic rings. The predicted molar refractivity (Wildman–Crippen MR) is 215 cm³/mol. The lowest BCUT2D eigenvalue weighted by Crippen LogP contribution is -2.56. The van der Waals surface area contributed by atoms with Gasteiger partial charge in [-0.25, -0.2) is 0 Å². The molecular weight excluding hydrogens is 567 g/mol. The number of unbranched alkanes of at least 4 members (excludes halogenated alkanes) is 23. The molecule has 0 aromatic heterocycles. The van der Waals surface area contributed by atoms with Crippen molar-refractivity contribution in [3.63, 3.8) is 0 Å². The monoisotopic (exact) mass is 655 g/mol. The topological polar surface area (TPSA) is 0 Å². The highest BCUT2D eigenvalue weighted by Crippen LogP contribution is 2.35. The minimum atomic E-state index is 0.772. The highest BCUT2D eigenvalue weighted by Gasteiger charge is 2.37. The number of hydrogen-bond donors (Lipinski definition) is 0. The van der Waals surface area contributed by atoms with E-state index in [0.717, 1.165) is 30.0 Å². The summed E-state index contributed by atoms with van der Waals surface area (Å²) in [5.41, 5.74) is 3.82. The van der Waals surface area contributed by atoms with Crippen LogP contribution in [0.15, 0.2) is 36.0 Å². The summed E-state index contributed by atoms with van der Waals surface area (Å²) >= 11 is 0. The molecule has 3 unspecified atom stereocenters. The molecule has 0 bridgehead atoms. The van der Waals surface area contributed by atoms with Gasteiger partial charge in [-0.15, -0.1) is 0 Å². The second kappa shape index (κ2) is 29.0. The Morgan fingerprint density at radius 3 is 1.38 bits per heavy atom. The first-order valence-corrected chi connectivity index (χ1v) is 21.6. The van der Waals surface area contributed by atoms with Crippen molar-refractivity contribution < 1.29 is 4.48 Å². The minimum Gasteiger partial charge on any atom is -0.320 e. The first-order valence-electron chi connectivity index (χ1n) is 21.6. The number of hydrogen-bond acceptors (Lipinski definition) is 0. The summed E-state index contributed by atoms with van der Waals surface area (Å²) in [6.07, 6.45) is 44.0. The van der Waals surface area contributed by atoms with Crippen molar-refractivity contribution in [3.05, 3.63) is 36.0 Å². The number of likely N-dealkylation sites (N-methyl/N-ethyl adjacent to an activating group) is 1. The number of nitrogens with zero attached hydrogens (tertiary/aromatic N) is 1. The zero-order chi connectivity index (χ0) is 34.6. The van der Waals surface area contributed by atoms with Crippen LogP contribution in [0.4, 0.5) is 0 Å². The van der Waals surface area contributed by atoms with E-state index in [1.165, 1.54) is 208 Å². The van der Waals surface area contributed by atoms with Gasteiger partial charge in [-0.3, -0.25) is 0 Å². The van der Waals surface area contributed by atoms with Crippen LogP contribution in [-0.2, 0) is 0 Å². The molecule has 1 rings (SSSR count). The van der Waals surface area contributed by atoms with Crippen molar-refractivity contribution in [2.24, 2.45) is 11.8 Å². The van der Waals surface area contributed by atoms with Gasteiger partial charge in [0, 0.05) is 18.4 Å². The van der Waals surface area contributed by atoms with Crippen LogP contribution in [0.2, 0.25) is 0 Å². The lowest BCUT2D eigenvalue weighted by Gasteiger charge is -2.46. The van der Waals surface area contributed by atoms with Crippen molar-refractivity contribution in [2.75, 3.05) is 20.1 Å². The van der Waals surface area contributed by atoms with Crippen molar-refractivity contribution in [1.82, 2.24) is 0 Å². The quantitative estimate of drug-likeness (QED) is 0.0375. The molecule has 276 valence electrons. The van der Waals surface area contributed by atoms with E-state index < -0.39 is 0 Å². The predicted octanol–water partition coefficient (Wildman–Crippen LogP) is 15.5. The lowest BCUT2D eigenvalue weighted by atomic mass is 9.81. The fourth-order valence-corrected chi connectivity index (χ4v) is 8.27. The molecule has 0 aromatic carbocycles.